The zero-order valence-electron chi connectivity index (χ0n) is 13.4. The molecule has 0 amide bonds. The molecule has 0 radical (unpaired) electrons. The van der Waals surface area contributed by atoms with E-state index in [0.29, 0.717) is 11.3 Å². The van der Waals surface area contributed by atoms with E-state index >= 15 is 0 Å². The minimum absolute atomic E-state index is 0.259. The van der Waals surface area contributed by atoms with Gasteiger partial charge in [-0.1, -0.05) is 24.0 Å². The molecule has 2 aromatic rings. The summed E-state index contributed by atoms with van der Waals surface area (Å²) in [5, 5.41) is 8.88. The molecule has 6 N–H and O–H groups in total. The molecule has 0 bridgehead atoms. The van der Waals surface area contributed by atoms with E-state index in [0.717, 1.165) is 11.3 Å². The van der Waals surface area contributed by atoms with Gasteiger partial charge in [0.05, 0.1) is 7.11 Å². The van der Waals surface area contributed by atoms with Gasteiger partial charge in [0.25, 0.3) is 0 Å². The first-order valence-electron chi connectivity index (χ1n) is 7.17. The fourth-order valence-electron chi connectivity index (χ4n) is 1.86. The van der Waals surface area contributed by atoms with Gasteiger partial charge in [-0.3, -0.25) is 5.43 Å². The van der Waals surface area contributed by atoms with Crippen LogP contribution >= 0.6 is 0 Å². The van der Waals surface area contributed by atoms with Crippen LogP contribution in [0.5, 0.6) is 11.5 Å². The summed E-state index contributed by atoms with van der Waals surface area (Å²) in [6.45, 7) is 0. The predicted octanol–water partition coefficient (Wildman–Crippen LogP) is 1.15. The van der Waals surface area contributed by atoms with Crippen LogP contribution in [-0.2, 0) is 4.79 Å². The highest BCUT2D eigenvalue weighted by atomic mass is 16.5. The number of nitrogens with one attached hydrogen (secondary N) is 1. The number of aliphatic carboxylic acids is 1. The molecule has 0 saturated carbocycles. The third-order valence-electron chi connectivity index (χ3n) is 3.08. The number of hydrazine groups is 1. The van der Waals surface area contributed by atoms with E-state index in [-0.39, 0.29) is 5.88 Å². The number of hydrogen-bond donors (Lipinski definition) is 4. The molecule has 25 heavy (non-hydrogen) atoms. The maximum absolute atomic E-state index is 10.9. The minimum Gasteiger partial charge on any atom is -0.497 e. The summed E-state index contributed by atoms with van der Waals surface area (Å²) in [6.07, 6.45) is 0. The standard InChI is InChI=1S/C18H17N3O4/c1-24-14-6-2-4-12(10-14)8-9-13-5-3-7-15(11-13)25-17(21-20)16(19)18(22)23/h2-7,10-11,21H,19-20H2,1H3,(H,22,23)/b17-16+. The van der Waals surface area contributed by atoms with Crippen molar-refractivity contribution in [1.29, 1.82) is 0 Å². The Kier molecular flexibility index (Phi) is 5.87. The quantitative estimate of drug-likeness (QED) is 0.212. The van der Waals surface area contributed by atoms with Crippen LogP contribution in [0.3, 0.4) is 0 Å². The lowest BCUT2D eigenvalue weighted by atomic mass is 10.1. The lowest BCUT2D eigenvalue weighted by Crippen LogP contribution is -2.31. The SMILES string of the molecule is COc1cccc(C#Cc2cccc(O/C(NN)=C(/N)C(=O)O)c2)c1. The summed E-state index contributed by atoms with van der Waals surface area (Å²) < 4.78 is 10.5. The van der Waals surface area contributed by atoms with E-state index in [4.69, 9.17) is 26.2 Å². The van der Waals surface area contributed by atoms with E-state index in [9.17, 15) is 4.79 Å². The van der Waals surface area contributed by atoms with Gasteiger partial charge in [-0.15, -0.1) is 0 Å². The monoisotopic (exact) mass is 339 g/mol. The Labute approximate surface area is 144 Å². The molecule has 0 atom stereocenters. The second-order valence-corrected chi connectivity index (χ2v) is 4.80. The van der Waals surface area contributed by atoms with Gasteiger partial charge in [-0.05, 0) is 36.4 Å². The maximum Gasteiger partial charge on any atom is 0.357 e. The predicted molar refractivity (Wildman–Crippen MR) is 92.2 cm³/mol. The van der Waals surface area contributed by atoms with Crippen molar-refractivity contribution in [3.05, 3.63) is 71.2 Å². The normalized spacial score (nSPS) is 10.8. The smallest absolute Gasteiger partial charge is 0.357 e. The zero-order chi connectivity index (χ0) is 18.2. The molecule has 2 aromatic carbocycles. The molecule has 0 aliphatic rings. The molecular weight excluding hydrogens is 322 g/mol. The van der Waals surface area contributed by atoms with Gasteiger partial charge >= 0.3 is 5.97 Å². The number of rotatable bonds is 5. The number of ether oxygens (including phenoxy) is 2. The van der Waals surface area contributed by atoms with Crippen LogP contribution in [0.2, 0.25) is 0 Å². The first-order valence-corrected chi connectivity index (χ1v) is 7.17. The maximum atomic E-state index is 10.9. The van der Waals surface area contributed by atoms with E-state index in [1.165, 1.54) is 0 Å². The van der Waals surface area contributed by atoms with Crippen molar-refractivity contribution in [3.63, 3.8) is 0 Å². The van der Waals surface area contributed by atoms with Gasteiger partial charge in [-0.25, -0.2) is 10.6 Å². The lowest BCUT2D eigenvalue weighted by Gasteiger charge is -2.10. The highest BCUT2D eigenvalue weighted by Gasteiger charge is 2.12. The van der Waals surface area contributed by atoms with Gasteiger partial charge in [0.2, 0.25) is 5.88 Å². The molecule has 0 aliphatic heterocycles. The number of nitrogens with two attached hydrogens (primary N) is 2. The molecule has 7 heteroatoms. The number of carboxylic acids is 1. The Bertz CT molecular complexity index is 866. The molecule has 7 nitrogen and oxygen atoms in total. The fraction of sp³-hybridized carbons (Fsp3) is 0.0556. The Balaban J connectivity index is 2.23. The van der Waals surface area contributed by atoms with Crippen molar-refractivity contribution in [2.45, 2.75) is 0 Å². The molecule has 0 aromatic heterocycles. The summed E-state index contributed by atoms with van der Waals surface area (Å²) in [7, 11) is 1.59. The van der Waals surface area contributed by atoms with Crippen LogP contribution in [0.15, 0.2) is 60.1 Å². The average molecular weight is 339 g/mol. The fourth-order valence-corrected chi connectivity index (χ4v) is 1.86. The average Bonchev–Trinajstić information content (AvgIpc) is 2.64. The first kappa shape index (κ1) is 17.7. The van der Waals surface area contributed by atoms with E-state index < -0.39 is 11.7 Å². The third-order valence-corrected chi connectivity index (χ3v) is 3.08. The summed E-state index contributed by atoms with van der Waals surface area (Å²) in [5.41, 5.74) is 8.45. The van der Waals surface area contributed by atoms with Crippen molar-refractivity contribution in [2.75, 3.05) is 7.11 Å². The molecule has 128 valence electrons. The van der Waals surface area contributed by atoms with Crippen molar-refractivity contribution in [1.82, 2.24) is 5.43 Å². The molecule has 0 spiro atoms. The van der Waals surface area contributed by atoms with Crippen LogP contribution in [0.25, 0.3) is 0 Å². The molecule has 0 aliphatic carbocycles. The van der Waals surface area contributed by atoms with Crippen LogP contribution in [0.1, 0.15) is 11.1 Å². The van der Waals surface area contributed by atoms with Gasteiger partial charge < -0.3 is 20.3 Å². The molecule has 0 unspecified atom stereocenters. The number of hydrogen-bond acceptors (Lipinski definition) is 6. The highest BCUT2D eigenvalue weighted by Crippen LogP contribution is 2.16. The van der Waals surface area contributed by atoms with E-state index in [1.54, 1.807) is 31.4 Å². The van der Waals surface area contributed by atoms with Gasteiger partial charge in [0.1, 0.15) is 11.5 Å². The number of carboxylic acid groups (broad SMARTS) is 1. The van der Waals surface area contributed by atoms with Crippen molar-refractivity contribution in [3.8, 4) is 23.3 Å². The molecule has 2 rings (SSSR count). The summed E-state index contributed by atoms with van der Waals surface area (Å²) in [6, 6.07) is 14.1. The first-order chi connectivity index (χ1) is 12.0. The Morgan fingerprint density at radius 3 is 2.16 bits per heavy atom. The van der Waals surface area contributed by atoms with Crippen LogP contribution in [0, 0.1) is 11.8 Å². The van der Waals surface area contributed by atoms with Crippen LogP contribution in [0.4, 0.5) is 0 Å². The minimum atomic E-state index is -1.35. The lowest BCUT2D eigenvalue weighted by molar-refractivity contribution is -0.132. The van der Waals surface area contributed by atoms with E-state index in [2.05, 4.69) is 17.3 Å². The van der Waals surface area contributed by atoms with Gasteiger partial charge in [0, 0.05) is 11.1 Å². The number of carbonyl (C=O) groups is 1. The van der Waals surface area contributed by atoms with Crippen molar-refractivity contribution < 1.29 is 19.4 Å². The Morgan fingerprint density at radius 1 is 1.08 bits per heavy atom. The van der Waals surface area contributed by atoms with E-state index in [1.807, 2.05) is 24.3 Å². The topological polar surface area (TPSA) is 120 Å². The largest absolute Gasteiger partial charge is 0.497 e. The van der Waals surface area contributed by atoms with Gasteiger partial charge in [-0.2, -0.15) is 0 Å². The number of methoxy groups -OCH3 is 1. The molecule has 0 saturated heterocycles. The second-order valence-electron chi connectivity index (χ2n) is 4.80. The third kappa shape index (κ3) is 4.92. The highest BCUT2D eigenvalue weighted by molar-refractivity contribution is 5.85. The number of benzene rings is 2. The van der Waals surface area contributed by atoms with Crippen LogP contribution < -0.4 is 26.5 Å². The zero-order valence-corrected chi connectivity index (χ0v) is 13.4. The van der Waals surface area contributed by atoms with Gasteiger partial charge in [0.15, 0.2) is 5.70 Å². The molecular formula is C18H17N3O4. The van der Waals surface area contributed by atoms with Crippen LogP contribution in [-0.4, -0.2) is 18.2 Å². The second kappa shape index (κ2) is 8.29. The summed E-state index contributed by atoms with van der Waals surface area (Å²) in [4.78, 5) is 10.9. The summed E-state index contributed by atoms with van der Waals surface area (Å²) in [5.74, 6) is 10.7. The molecule has 0 fully saturated rings. The van der Waals surface area contributed by atoms with Crippen molar-refractivity contribution in [2.24, 2.45) is 11.6 Å². The van der Waals surface area contributed by atoms with Crippen molar-refractivity contribution >= 4 is 5.97 Å². The Morgan fingerprint density at radius 2 is 1.64 bits per heavy atom. The Hall–Kier alpha value is -3.63. The molecule has 0 heterocycles. The summed E-state index contributed by atoms with van der Waals surface area (Å²) >= 11 is 0.